The molecule has 0 spiro atoms. The van der Waals surface area contributed by atoms with Crippen molar-refractivity contribution in [2.24, 2.45) is 5.90 Å². The van der Waals surface area contributed by atoms with Crippen molar-refractivity contribution < 1.29 is 17.8 Å². The van der Waals surface area contributed by atoms with Crippen molar-refractivity contribution in [1.82, 2.24) is 4.90 Å². The highest BCUT2D eigenvalue weighted by Gasteiger charge is 2.25. The first kappa shape index (κ1) is 17.1. The second-order valence-electron chi connectivity index (χ2n) is 4.62. The van der Waals surface area contributed by atoms with Crippen LogP contribution in [-0.2, 0) is 20.9 Å². The van der Waals surface area contributed by atoms with Gasteiger partial charge in [-0.3, -0.25) is 4.90 Å². The van der Waals surface area contributed by atoms with Gasteiger partial charge in [-0.05, 0) is 18.5 Å². The molecule has 0 heterocycles. The maximum absolute atomic E-state index is 11.3. The van der Waals surface area contributed by atoms with Gasteiger partial charge in [0, 0.05) is 13.1 Å². The van der Waals surface area contributed by atoms with E-state index >= 15 is 0 Å². The van der Waals surface area contributed by atoms with E-state index in [1.165, 1.54) is 0 Å². The van der Waals surface area contributed by atoms with Crippen molar-refractivity contribution in [3.05, 3.63) is 35.9 Å². The molecule has 1 aromatic rings. The molecular weight excluding hydrogens is 280 g/mol. The van der Waals surface area contributed by atoms with Gasteiger partial charge < -0.3 is 5.11 Å². The first-order valence-corrected chi connectivity index (χ1v) is 8.03. The molecule has 0 fully saturated rings. The number of hydrogen-bond donors (Lipinski definition) is 2. The van der Waals surface area contributed by atoms with Gasteiger partial charge in [-0.1, -0.05) is 43.7 Å². The van der Waals surface area contributed by atoms with Crippen LogP contribution >= 0.6 is 0 Å². The molecule has 0 saturated heterocycles. The Bertz CT molecular complexity index is 478. The summed E-state index contributed by atoms with van der Waals surface area (Å²) < 4.78 is 26.5. The summed E-state index contributed by atoms with van der Waals surface area (Å²) >= 11 is 0. The van der Waals surface area contributed by atoms with Crippen LogP contribution < -0.4 is 5.90 Å². The summed E-state index contributed by atoms with van der Waals surface area (Å²) in [7, 11) is -4.12. The fourth-order valence-electron chi connectivity index (χ4n) is 1.83. The molecule has 0 aliphatic carbocycles. The average molecular weight is 302 g/mol. The van der Waals surface area contributed by atoms with Crippen LogP contribution in [0.15, 0.2) is 30.3 Å². The quantitative estimate of drug-likeness (QED) is 0.656. The van der Waals surface area contributed by atoms with Crippen molar-refractivity contribution in [2.45, 2.75) is 31.7 Å². The minimum absolute atomic E-state index is 0.0333. The molecule has 7 heteroatoms. The Hall–Kier alpha value is -0.990. The van der Waals surface area contributed by atoms with Crippen molar-refractivity contribution in [2.75, 3.05) is 13.1 Å². The van der Waals surface area contributed by atoms with E-state index in [0.29, 0.717) is 13.1 Å². The van der Waals surface area contributed by atoms with E-state index in [2.05, 4.69) is 17.1 Å². The second kappa shape index (κ2) is 8.33. The lowest BCUT2D eigenvalue weighted by Gasteiger charge is -2.24. The van der Waals surface area contributed by atoms with Gasteiger partial charge in [0.15, 0.2) is 5.44 Å². The molecule has 6 nitrogen and oxygen atoms in total. The van der Waals surface area contributed by atoms with Gasteiger partial charge in [0.25, 0.3) is 0 Å². The number of aliphatic hydroxyl groups excluding tert-OH is 1. The van der Waals surface area contributed by atoms with Gasteiger partial charge in [0.2, 0.25) is 0 Å². The topological polar surface area (TPSA) is 92.9 Å². The molecule has 20 heavy (non-hydrogen) atoms. The molecule has 1 aromatic carbocycles. The summed E-state index contributed by atoms with van der Waals surface area (Å²) in [6.07, 6.45) is 1.91. The van der Waals surface area contributed by atoms with Crippen LogP contribution in [0.1, 0.15) is 25.3 Å². The number of rotatable bonds is 9. The van der Waals surface area contributed by atoms with Crippen LogP contribution in [0.3, 0.4) is 0 Å². The predicted octanol–water partition coefficient (Wildman–Crippen LogP) is 0.827. The maximum atomic E-state index is 11.3. The molecule has 0 amide bonds. The smallest absolute Gasteiger partial charge is 0.311 e. The molecule has 1 atom stereocenters. The number of hydrogen-bond acceptors (Lipinski definition) is 6. The first-order chi connectivity index (χ1) is 9.49. The normalized spacial score (nSPS) is 13.6. The van der Waals surface area contributed by atoms with Crippen LogP contribution in [-0.4, -0.2) is 36.9 Å². The van der Waals surface area contributed by atoms with Gasteiger partial charge in [-0.25, -0.2) is 0 Å². The van der Waals surface area contributed by atoms with Crippen molar-refractivity contribution in [1.29, 1.82) is 0 Å². The molecule has 1 rings (SSSR count). The minimum Gasteiger partial charge on any atom is -0.374 e. The Kier molecular flexibility index (Phi) is 7.11. The highest BCUT2D eigenvalue weighted by Crippen LogP contribution is 2.09. The average Bonchev–Trinajstić information content (AvgIpc) is 2.45. The lowest BCUT2D eigenvalue weighted by atomic mass is 10.2. The summed E-state index contributed by atoms with van der Waals surface area (Å²) in [6, 6.07) is 9.67. The summed E-state index contributed by atoms with van der Waals surface area (Å²) in [5.41, 5.74) is -0.588. The van der Waals surface area contributed by atoms with Gasteiger partial charge in [0.05, 0.1) is 0 Å². The molecule has 0 saturated carbocycles. The molecule has 0 aliphatic rings. The van der Waals surface area contributed by atoms with Crippen LogP contribution in [0.5, 0.6) is 0 Å². The van der Waals surface area contributed by atoms with E-state index in [4.69, 9.17) is 0 Å². The highest BCUT2D eigenvalue weighted by molar-refractivity contribution is 7.87. The molecule has 114 valence electrons. The number of unbranched alkanes of at least 4 members (excludes halogenated alkanes) is 1. The molecule has 0 radical (unpaired) electrons. The Morgan fingerprint density at radius 2 is 2.00 bits per heavy atom. The third kappa shape index (κ3) is 5.56. The van der Waals surface area contributed by atoms with Gasteiger partial charge in [-0.15, -0.1) is 0 Å². The SMILES string of the molecule is CCCCN(Cc1ccccc1)CC(O)S(=O)(=O)ON. The van der Waals surface area contributed by atoms with Crippen LogP contribution in [0.4, 0.5) is 0 Å². The van der Waals surface area contributed by atoms with Gasteiger partial charge in [0.1, 0.15) is 0 Å². The number of aliphatic hydroxyl groups is 1. The number of nitrogens with zero attached hydrogens (tertiary/aromatic N) is 1. The Morgan fingerprint density at radius 1 is 1.35 bits per heavy atom. The van der Waals surface area contributed by atoms with E-state index in [9.17, 15) is 13.5 Å². The fraction of sp³-hybridized carbons (Fsp3) is 0.538. The van der Waals surface area contributed by atoms with Crippen molar-refractivity contribution in [3.8, 4) is 0 Å². The summed E-state index contributed by atoms with van der Waals surface area (Å²) in [5.74, 6) is 4.67. The van der Waals surface area contributed by atoms with E-state index < -0.39 is 15.6 Å². The molecule has 0 bridgehead atoms. The molecular formula is C13H22N2O4S. The number of nitrogens with two attached hydrogens (primary N) is 1. The summed E-state index contributed by atoms with van der Waals surface area (Å²) in [4.78, 5) is 1.88. The molecule has 0 aromatic heterocycles. The summed E-state index contributed by atoms with van der Waals surface area (Å²) in [6.45, 7) is 3.28. The zero-order valence-electron chi connectivity index (χ0n) is 11.6. The molecule has 0 aliphatic heterocycles. The zero-order chi connectivity index (χ0) is 15.0. The summed E-state index contributed by atoms with van der Waals surface area (Å²) in [5, 5.41) is 9.69. The molecule has 1 unspecified atom stereocenters. The third-order valence-corrected chi connectivity index (χ3v) is 4.04. The largest absolute Gasteiger partial charge is 0.374 e. The Labute approximate surface area is 120 Å². The lowest BCUT2D eigenvalue weighted by molar-refractivity contribution is 0.145. The monoisotopic (exact) mass is 302 g/mol. The van der Waals surface area contributed by atoms with Gasteiger partial charge >= 0.3 is 10.1 Å². The van der Waals surface area contributed by atoms with E-state index in [1.807, 2.05) is 35.2 Å². The third-order valence-electron chi connectivity index (χ3n) is 2.96. The Morgan fingerprint density at radius 3 is 2.55 bits per heavy atom. The van der Waals surface area contributed by atoms with Crippen LogP contribution in [0, 0.1) is 0 Å². The van der Waals surface area contributed by atoms with Crippen molar-refractivity contribution in [3.63, 3.8) is 0 Å². The highest BCUT2D eigenvalue weighted by atomic mass is 32.2. The van der Waals surface area contributed by atoms with Crippen molar-refractivity contribution >= 4 is 10.1 Å². The lowest BCUT2D eigenvalue weighted by Crippen LogP contribution is -2.38. The van der Waals surface area contributed by atoms with Crippen LogP contribution in [0.25, 0.3) is 0 Å². The first-order valence-electron chi connectivity index (χ1n) is 6.56. The Balaban J connectivity index is 2.69. The maximum Gasteiger partial charge on any atom is 0.311 e. The standard InChI is InChI=1S/C13H22N2O4S/c1-2-3-9-15(10-12-7-5-4-6-8-12)11-13(16)20(17,18)19-14/h4-8,13,16H,2-3,9-11,14H2,1H3. The minimum atomic E-state index is -4.12. The van der Waals surface area contributed by atoms with E-state index in [1.54, 1.807) is 0 Å². The fourth-order valence-corrected chi connectivity index (χ4v) is 2.36. The van der Waals surface area contributed by atoms with Crippen LogP contribution in [0.2, 0.25) is 0 Å². The predicted molar refractivity (Wildman–Crippen MR) is 76.8 cm³/mol. The van der Waals surface area contributed by atoms with E-state index in [-0.39, 0.29) is 6.54 Å². The second-order valence-corrected chi connectivity index (χ2v) is 6.34. The molecule has 3 N–H and O–H groups in total. The van der Waals surface area contributed by atoms with Gasteiger partial charge in [-0.2, -0.15) is 18.6 Å². The van der Waals surface area contributed by atoms with E-state index in [0.717, 1.165) is 18.4 Å². The zero-order valence-corrected chi connectivity index (χ0v) is 12.4. The number of benzene rings is 1.